The van der Waals surface area contributed by atoms with Crippen LogP contribution in [0.25, 0.3) is 11.4 Å². The summed E-state index contributed by atoms with van der Waals surface area (Å²) >= 11 is 0. The molecule has 1 atom stereocenters. The number of allylic oxidation sites excluding steroid dienone is 1. The van der Waals surface area contributed by atoms with E-state index >= 15 is 0 Å². The van der Waals surface area contributed by atoms with Crippen LogP contribution in [0.2, 0.25) is 0 Å². The average Bonchev–Trinajstić information content (AvgIpc) is 3.16. The lowest BCUT2D eigenvalue weighted by atomic mass is 9.95. The number of hydrogen-bond acceptors (Lipinski definition) is 6. The van der Waals surface area contributed by atoms with Crippen LogP contribution in [0.1, 0.15) is 18.5 Å². The highest BCUT2D eigenvalue weighted by molar-refractivity contribution is 5.95. The number of methoxy groups -OCH3 is 2. The van der Waals surface area contributed by atoms with Gasteiger partial charge >= 0.3 is 0 Å². The number of carbonyl (C=O) groups is 1. The van der Waals surface area contributed by atoms with Gasteiger partial charge in [0.2, 0.25) is 11.9 Å². The predicted octanol–water partition coefficient (Wildman–Crippen LogP) is 2.74. The first kappa shape index (κ1) is 18.5. The first-order valence-electron chi connectivity index (χ1n) is 9.05. The minimum atomic E-state index is -0.548. The summed E-state index contributed by atoms with van der Waals surface area (Å²) in [4.78, 5) is 16.9. The van der Waals surface area contributed by atoms with Crippen molar-refractivity contribution in [3.05, 3.63) is 65.4 Å². The average molecular weight is 391 g/mol. The molecule has 0 radical (unpaired) electrons. The maximum Gasteiger partial charge on any atom is 0.248 e. The maximum absolute atomic E-state index is 12.3. The van der Waals surface area contributed by atoms with E-state index in [1.54, 1.807) is 31.9 Å². The summed E-state index contributed by atoms with van der Waals surface area (Å²) in [5.74, 6) is 1.70. The molecule has 3 N–H and O–H groups in total. The van der Waals surface area contributed by atoms with Gasteiger partial charge < -0.3 is 20.5 Å². The van der Waals surface area contributed by atoms with E-state index in [-0.39, 0.29) is 0 Å². The van der Waals surface area contributed by atoms with E-state index in [1.807, 2.05) is 42.5 Å². The molecule has 1 aliphatic heterocycles. The van der Waals surface area contributed by atoms with Gasteiger partial charge in [-0.25, -0.2) is 4.68 Å². The molecule has 2 heterocycles. The van der Waals surface area contributed by atoms with Crippen molar-refractivity contribution in [3.8, 4) is 22.9 Å². The molecule has 0 spiro atoms. The molecule has 29 heavy (non-hydrogen) atoms. The molecule has 3 aromatic rings. The molecule has 1 aromatic heterocycles. The van der Waals surface area contributed by atoms with Crippen molar-refractivity contribution in [1.29, 1.82) is 0 Å². The van der Waals surface area contributed by atoms with Crippen molar-refractivity contribution in [2.75, 3.05) is 19.5 Å². The van der Waals surface area contributed by atoms with Crippen LogP contribution in [-0.2, 0) is 4.79 Å². The third kappa shape index (κ3) is 3.18. The molecular weight excluding hydrogens is 370 g/mol. The zero-order valence-corrected chi connectivity index (χ0v) is 16.3. The number of rotatable bonds is 5. The van der Waals surface area contributed by atoms with Crippen molar-refractivity contribution in [1.82, 2.24) is 14.8 Å². The first-order valence-corrected chi connectivity index (χ1v) is 9.05. The highest BCUT2D eigenvalue weighted by atomic mass is 16.5. The summed E-state index contributed by atoms with van der Waals surface area (Å²) in [6, 6.07) is 14.6. The Hall–Kier alpha value is -3.81. The van der Waals surface area contributed by atoms with Gasteiger partial charge in [-0.05, 0) is 24.6 Å². The standard InChI is InChI=1S/C21H21N5O3/c1-12-17(19(22)27)18(14-9-10-15(28-2)16(11-14)29-3)26-21(23-12)24-20(25-26)13-7-5-4-6-8-13/h4-11,18H,1-3H3,(H2,22,27)(H,23,24,25)/t18-/m0/s1. The molecule has 0 aliphatic carbocycles. The summed E-state index contributed by atoms with van der Waals surface area (Å²) in [5, 5.41) is 7.82. The van der Waals surface area contributed by atoms with E-state index in [0.717, 1.165) is 11.1 Å². The third-order valence-electron chi connectivity index (χ3n) is 4.87. The highest BCUT2D eigenvalue weighted by Gasteiger charge is 2.34. The van der Waals surface area contributed by atoms with Crippen LogP contribution in [0.15, 0.2) is 59.8 Å². The minimum Gasteiger partial charge on any atom is -0.493 e. The molecule has 0 saturated carbocycles. The van der Waals surface area contributed by atoms with Crippen molar-refractivity contribution in [2.45, 2.75) is 13.0 Å². The second-order valence-corrected chi connectivity index (χ2v) is 6.61. The van der Waals surface area contributed by atoms with E-state index in [0.29, 0.717) is 34.5 Å². The van der Waals surface area contributed by atoms with Gasteiger partial charge in [0, 0.05) is 11.3 Å². The SMILES string of the molecule is COc1ccc([C@H]2C(C(N)=O)=C(C)Nc3nc(-c4ccccc4)nn32)cc1OC. The Morgan fingerprint density at radius 2 is 1.83 bits per heavy atom. The Kier molecular flexibility index (Phi) is 4.67. The monoisotopic (exact) mass is 391 g/mol. The topological polar surface area (TPSA) is 104 Å². The number of ether oxygens (including phenoxy) is 2. The van der Waals surface area contributed by atoms with Gasteiger partial charge in [-0.1, -0.05) is 36.4 Å². The highest BCUT2D eigenvalue weighted by Crippen LogP contribution is 2.39. The lowest BCUT2D eigenvalue weighted by molar-refractivity contribution is -0.115. The quantitative estimate of drug-likeness (QED) is 0.693. The minimum absolute atomic E-state index is 0.411. The van der Waals surface area contributed by atoms with E-state index in [4.69, 9.17) is 15.2 Å². The molecule has 8 heteroatoms. The number of nitrogens with one attached hydrogen (secondary N) is 1. The maximum atomic E-state index is 12.3. The smallest absolute Gasteiger partial charge is 0.248 e. The van der Waals surface area contributed by atoms with Crippen molar-refractivity contribution in [2.24, 2.45) is 5.73 Å². The van der Waals surface area contributed by atoms with Gasteiger partial charge in [0.05, 0.1) is 19.8 Å². The fourth-order valence-electron chi connectivity index (χ4n) is 3.51. The van der Waals surface area contributed by atoms with Crippen LogP contribution in [0.5, 0.6) is 11.5 Å². The number of aromatic nitrogens is 3. The van der Waals surface area contributed by atoms with Crippen LogP contribution < -0.4 is 20.5 Å². The molecule has 4 rings (SSSR count). The van der Waals surface area contributed by atoms with Crippen LogP contribution >= 0.6 is 0 Å². The van der Waals surface area contributed by atoms with Crippen molar-refractivity contribution in [3.63, 3.8) is 0 Å². The number of hydrogen-bond donors (Lipinski definition) is 2. The largest absolute Gasteiger partial charge is 0.493 e. The molecular formula is C21H21N5O3. The summed E-state index contributed by atoms with van der Waals surface area (Å²) in [6.45, 7) is 1.80. The lowest BCUT2D eigenvalue weighted by Gasteiger charge is -2.28. The third-order valence-corrected chi connectivity index (χ3v) is 4.87. The molecule has 1 amide bonds. The zero-order chi connectivity index (χ0) is 20.5. The normalized spacial score (nSPS) is 15.5. The molecule has 0 saturated heterocycles. The fraction of sp³-hybridized carbons (Fsp3) is 0.190. The molecule has 0 fully saturated rings. The Labute approximate surface area is 168 Å². The molecule has 0 unspecified atom stereocenters. The number of benzene rings is 2. The van der Waals surface area contributed by atoms with E-state index in [9.17, 15) is 4.79 Å². The number of fused-ring (bicyclic) bond motifs is 1. The number of primary amides is 1. The van der Waals surface area contributed by atoms with E-state index in [1.165, 1.54) is 0 Å². The summed E-state index contributed by atoms with van der Waals surface area (Å²) in [6.07, 6.45) is 0. The van der Waals surface area contributed by atoms with Gasteiger partial charge in [0.25, 0.3) is 0 Å². The van der Waals surface area contributed by atoms with Crippen molar-refractivity contribution >= 4 is 11.9 Å². The van der Waals surface area contributed by atoms with Crippen LogP contribution in [0, 0.1) is 0 Å². The summed E-state index contributed by atoms with van der Waals surface area (Å²) in [5.41, 5.74) is 8.44. The Balaban J connectivity index is 1.89. The number of anilines is 1. The van der Waals surface area contributed by atoms with Crippen LogP contribution in [0.4, 0.5) is 5.95 Å². The van der Waals surface area contributed by atoms with E-state index in [2.05, 4.69) is 15.4 Å². The number of carbonyl (C=O) groups excluding carboxylic acids is 1. The molecule has 148 valence electrons. The van der Waals surface area contributed by atoms with Crippen LogP contribution in [0.3, 0.4) is 0 Å². The second-order valence-electron chi connectivity index (χ2n) is 6.61. The summed E-state index contributed by atoms with van der Waals surface area (Å²) in [7, 11) is 3.14. The first-order chi connectivity index (χ1) is 14.0. The van der Waals surface area contributed by atoms with Gasteiger partial charge in [-0.2, -0.15) is 4.98 Å². The Morgan fingerprint density at radius 3 is 2.48 bits per heavy atom. The van der Waals surface area contributed by atoms with Gasteiger partial charge in [0.15, 0.2) is 17.3 Å². The Morgan fingerprint density at radius 1 is 1.10 bits per heavy atom. The molecule has 2 aromatic carbocycles. The number of nitrogens with zero attached hydrogens (tertiary/aromatic N) is 3. The van der Waals surface area contributed by atoms with Crippen molar-refractivity contribution < 1.29 is 14.3 Å². The predicted molar refractivity (Wildman–Crippen MR) is 109 cm³/mol. The zero-order valence-electron chi connectivity index (χ0n) is 16.3. The second kappa shape index (κ2) is 7.31. The van der Waals surface area contributed by atoms with Gasteiger partial charge in [0.1, 0.15) is 6.04 Å². The van der Waals surface area contributed by atoms with E-state index < -0.39 is 11.9 Å². The van der Waals surface area contributed by atoms with Gasteiger partial charge in [-0.3, -0.25) is 4.79 Å². The van der Waals surface area contributed by atoms with Crippen LogP contribution in [-0.4, -0.2) is 34.9 Å². The summed E-state index contributed by atoms with van der Waals surface area (Å²) < 4.78 is 12.4. The fourth-order valence-corrected chi connectivity index (χ4v) is 3.51. The number of amides is 1. The number of nitrogens with two attached hydrogens (primary N) is 1. The molecule has 0 bridgehead atoms. The van der Waals surface area contributed by atoms with Gasteiger partial charge in [-0.15, -0.1) is 5.10 Å². The molecule has 1 aliphatic rings. The lowest BCUT2D eigenvalue weighted by Crippen LogP contribution is -2.31. The Bertz CT molecular complexity index is 1100. The molecule has 8 nitrogen and oxygen atoms in total.